The molecule has 0 unspecified atom stereocenters. The van der Waals surface area contributed by atoms with Crippen LogP contribution in [0.15, 0.2) is 35.8 Å². The normalized spacial score (nSPS) is 24.5. The number of alkyl halides is 1. The van der Waals surface area contributed by atoms with Crippen molar-refractivity contribution in [2.75, 3.05) is 65.1 Å². The summed E-state index contributed by atoms with van der Waals surface area (Å²) in [6.45, 7) is 12.9. The molecule has 6 bridgehead atoms. The van der Waals surface area contributed by atoms with Crippen LogP contribution in [0.25, 0.3) is 33.4 Å². The number of aromatic nitrogens is 3. The first-order valence-electron chi connectivity index (χ1n) is 21.0. The van der Waals surface area contributed by atoms with E-state index in [-0.39, 0.29) is 36.9 Å². The Hall–Kier alpha value is -4.44. The van der Waals surface area contributed by atoms with Crippen LogP contribution in [0.4, 0.5) is 10.1 Å². The number of pyridine rings is 1. The third-order valence-electron chi connectivity index (χ3n) is 12.5. The average Bonchev–Trinajstić information content (AvgIpc) is 3.80. The zero-order chi connectivity index (χ0) is 41.6. The number of carbonyl (C=O) groups is 3. The maximum Gasteiger partial charge on any atom is 0.324 e. The molecule has 316 valence electrons. The lowest BCUT2D eigenvalue weighted by Gasteiger charge is -2.35. The highest BCUT2D eigenvalue weighted by Crippen LogP contribution is 2.43. The van der Waals surface area contributed by atoms with Crippen LogP contribution in [0.3, 0.4) is 0 Å². The molecule has 3 fully saturated rings. The predicted molar refractivity (Wildman–Crippen MR) is 227 cm³/mol. The first-order chi connectivity index (χ1) is 28.4. The van der Waals surface area contributed by atoms with Gasteiger partial charge in [-0.2, -0.15) is 0 Å². The monoisotopic (exact) mass is 828 g/mol. The fraction of sp³-hybridized carbons (Fsp3) is 0.568. The first kappa shape index (κ1) is 41.3. The Bertz CT molecular complexity index is 2220. The zero-order valence-corrected chi connectivity index (χ0v) is 35.9. The first-order valence-corrected chi connectivity index (χ1v) is 21.9. The number of hydrazine groups is 1. The number of hydrogen-bond acceptors (Lipinski definition) is 11. The third kappa shape index (κ3) is 8.48. The number of fused-ring (bicyclic) bond motifs is 6. The van der Waals surface area contributed by atoms with E-state index in [1.807, 2.05) is 18.5 Å². The number of esters is 1. The fourth-order valence-corrected chi connectivity index (χ4v) is 9.71. The number of nitrogens with one attached hydrogen (secondary N) is 2. The van der Waals surface area contributed by atoms with E-state index in [9.17, 15) is 18.8 Å². The van der Waals surface area contributed by atoms with Gasteiger partial charge in [0.1, 0.15) is 12.1 Å². The molecule has 2 saturated heterocycles. The van der Waals surface area contributed by atoms with Gasteiger partial charge in [0.05, 0.1) is 53.4 Å². The SMILES string of the molecule is CCn1c(-c2cc(N3CCN(C)CC3)cnc2[C@H](C)OC)c2c3cc(ccc31)-c1csc(n1)C[C@H](NC(=O)[C@@H]1C[C@H]1CF)C(=O)N1CCC[C@H](N1)C(=O)OCC(C)(C)C2. The molecule has 3 aliphatic heterocycles. The van der Waals surface area contributed by atoms with Gasteiger partial charge in [-0.15, -0.1) is 11.3 Å². The quantitative estimate of drug-likeness (QED) is 0.218. The fourth-order valence-electron chi connectivity index (χ4n) is 8.86. The van der Waals surface area contributed by atoms with Crippen molar-refractivity contribution >= 4 is 45.7 Å². The molecule has 13 nitrogen and oxygen atoms in total. The van der Waals surface area contributed by atoms with Crippen molar-refractivity contribution in [2.24, 2.45) is 17.3 Å². The van der Waals surface area contributed by atoms with Crippen molar-refractivity contribution in [3.05, 3.63) is 52.1 Å². The van der Waals surface area contributed by atoms with Gasteiger partial charge in [-0.3, -0.25) is 28.8 Å². The Morgan fingerprint density at radius 2 is 1.97 bits per heavy atom. The summed E-state index contributed by atoms with van der Waals surface area (Å²) in [5.41, 5.74) is 10.6. The van der Waals surface area contributed by atoms with E-state index in [2.05, 4.69) is 77.2 Å². The van der Waals surface area contributed by atoms with Gasteiger partial charge < -0.3 is 29.2 Å². The molecular weight excluding hydrogens is 772 g/mol. The molecule has 5 atom stereocenters. The molecular formula is C44H57FN8O5S. The van der Waals surface area contributed by atoms with Crippen LogP contribution >= 0.6 is 11.3 Å². The Kier molecular flexibility index (Phi) is 11.8. The second-order valence-electron chi connectivity index (χ2n) is 17.5. The van der Waals surface area contributed by atoms with Gasteiger partial charge in [-0.25, -0.2) is 10.4 Å². The Labute approximate surface area is 349 Å². The van der Waals surface area contributed by atoms with Crippen molar-refractivity contribution < 1.29 is 28.2 Å². The summed E-state index contributed by atoms with van der Waals surface area (Å²) in [6.07, 6.45) is 4.02. The lowest BCUT2D eigenvalue weighted by atomic mass is 9.84. The molecule has 1 aromatic carbocycles. The number of halogens is 1. The van der Waals surface area contributed by atoms with Gasteiger partial charge in [-0.1, -0.05) is 19.9 Å². The molecule has 0 spiro atoms. The van der Waals surface area contributed by atoms with Crippen molar-refractivity contribution in [2.45, 2.75) is 84.5 Å². The van der Waals surface area contributed by atoms with Crippen LogP contribution in [-0.2, 0) is 43.2 Å². The standard InChI is InChI=1S/C44H57FN8O5S/c1-7-52-37-11-10-27-17-31(37)33(40(52)32-19-29(23-46-39(32)26(2)57-6)51-15-13-50(5)14-16-51)21-44(3,4)25-58-43(56)34-9-8-12-53(49-34)42(55)35(20-38-47-36(27)24-59-38)48-41(54)30-18-28(30)22-45/h10-11,17,19,23-24,26,28,30,34-35,49H,7-9,12-16,18,20-22,25H2,1-6H3,(H,48,54)/t26-,28-,30+,34-,35-/m0/s1. The molecule has 1 aliphatic carbocycles. The number of ether oxygens (including phenoxy) is 2. The number of amides is 2. The highest BCUT2D eigenvalue weighted by atomic mass is 32.1. The third-order valence-corrected chi connectivity index (χ3v) is 13.4. The predicted octanol–water partition coefficient (Wildman–Crippen LogP) is 5.56. The number of cyclic esters (lactones) is 1. The summed E-state index contributed by atoms with van der Waals surface area (Å²) in [5.74, 6) is -1.89. The Balaban J connectivity index is 1.25. The van der Waals surface area contributed by atoms with E-state index in [1.165, 1.54) is 16.3 Å². The van der Waals surface area contributed by atoms with Gasteiger partial charge in [0.15, 0.2) is 0 Å². The summed E-state index contributed by atoms with van der Waals surface area (Å²) < 4.78 is 27.8. The van der Waals surface area contributed by atoms with Crippen molar-refractivity contribution in [1.29, 1.82) is 0 Å². The number of methoxy groups -OCH3 is 1. The van der Waals surface area contributed by atoms with Crippen LogP contribution in [0.5, 0.6) is 0 Å². The summed E-state index contributed by atoms with van der Waals surface area (Å²) in [7, 11) is 3.87. The van der Waals surface area contributed by atoms with Crippen molar-refractivity contribution in [3.8, 4) is 22.5 Å². The molecule has 4 aromatic rings. The second-order valence-corrected chi connectivity index (χ2v) is 18.5. The molecule has 3 aromatic heterocycles. The van der Waals surface area contributed by atoms with Crippen LogP contribution in [0, 0.1) is 17.3 Å². The number of carbonyl (C=O) groups excluding carboxylic acids is 3. The summed E-state index contributed by atoms with van der Waals surface area (Å²) in [5, 5.41) is 8.12. The molecule has 4 aliphatic rings. The van der Waals surface area contributed by atoms with Crippen LogP contribution in [0.2, 0.25) is 0 Å². The van der Waals surface area contributed by atoms with Crippen molar-refractivity contribution in [3.63, 3.8) is 0 Å². The minimum absolute atomic E-state index is 0.155. The molecule has 59 heavy (non-hydrogen) atoms. The Morgan fingerprint density at radius 3 is 2.69 bits per heavy atom. The molecule has 2 amide bonds. The van der Waals surface area contributed by atoms with Crippen LogP contribution in [0.1, 0.15) is 69.3 Å². The second kappa shape index (κ2) is 16.9. The van der Waals surface area contributed by atoms with E-state index >= 15 is 0 Å². The summed E-state index contributed by atoms with van der Waals surface area (Å²) in [4.78, 5) is 56.0. The van der Waals surface area contributed by atoms with E-state index in [1.54, 1.807) is 7.11 Å². The van der Waals surface area contributed by atoms with Gasteiger partial charge in [0.2, 0.25) is 5.91 Å². The van der Waals surface area contributed by atoms with Gasteiger partial charge in [0, 0.05) is 91.5 Å². The van der Waals surface area contributed by atoms with Gasteiger partial charge >= 0.3 is 5.97 Å². The minimum atomic E-state index is -0.948. The smallest absolute Gasteiger partial charge is 0.324 e. The molecule has 15 heteroatoms. The van der Waals surface area contributed by atoms with Crippen LogP contribution < -0.4 is 15.6 Å². The van der Waals surface area contributed by atoms with E-state index in [0.29, 0.717) is 43.8 Å². The molecule has 8 rings (SSSR count). The molecule has 1 saturated carbocycles. The number of anilines is 1. The molecule has 6 heterocycles. The number of piperazine rings is 1. The van der Waals surface area contributed by atoms with E-state index in [4.69, 9.17) is 19.4 Å². The zero-order valence-electron chi connectivity index (χ0n) is 35.1. The lowest BCUT2D eigenvalue weighted by Crippen LogP contribution is -2.60. The number of aryl methyl sites for hydroxylation is 1. The average molecular weight is 829 g/mol. The maximum atomic E-state index is 14.1. The number of thiazole rings is 1. The summed E-state index contributed by atoms with van der Waals surface area (Å²) >= 11 is 1.44. The molecule has 2 N–H and O–H groups in total. The van der Waals surface area contributed by atoms with Crippen molar-refractivity contribution in [1.82, 2.24) is 35.2 Å². The van der Waals surface area contributed by atoms with Crippen LogP contribution in [-0.4, -0.2) is 114 Å². The number of rotatable bonds is 8. The number of likely N-dealkylation sites (N-methyl/N-ethyl adjacent to an activating group) is 1. The summed E-state index contributed by atoms with van der Waals surface area (Å²) in [6, 6.07) is 7.06. The number of nitrogens with zero attached hydrogens (tertiary/aromatic N) is 6. The number of hydrogen-bond donors (Lipinski definition) is 2. The minimum Gasteiger partial charge on any atom is -0.464 e. The molecule has 0 radical (unpaired) electrons. The van der Waals surface area contributed by atoms with E-state index in [0.717, 1.165) is 76.5 Å². The van der Waals surface area contributed by atoms with Gasteiger partial charge in [-0.05, 0) is 76.3 Å². The Morgan fingerprint density at radius 1 is 1.17 bits per heavy atom. The maximum absolute atomic E-state index is 14.1. The topological polar surface area (TPSA) is 134 Å². The lowest BCUT2D eigenvalue weighted by molar-refractivity contribution is -0.155. The largest absolute Gasteiger partial charge is 0.464 e. The highest BCUT2D eigenvalue weighted by Gasteiger charge is 2.45. The van der Waals surface area contributed by atoms with E-state index < -0.39 is 36.1 Å². The highest BCUT2D eigenvalue weighted by molar-refractivity contribution is 7.10. The number of benzene rings is 1. The van der Waals surface area contributed by atoms with Gasteiger partial charge in [0.25, 0.3) is 5.91 Å².